The van der Waals surface area contributed by atoms with Crippen LogP contribution in [0, 0.1) is 5.82 Å². The van der Waals surface area contributed by atoms with Crippen LogP contribution in [0.25, 0.3) is 11.3 Å². The molecule has 2 heterocycles. The molecule has 3 aromatic rings. The van der Waals surface area contributed by atoms with E-state index in [0.29, 0.717) is 28.6 Å². The highest BCUT2D eigenvalue weighted by Gasteiger charge is 2.18. The lowest BCUT2D eigenvalue weighted by Crippen LogP contribution is -2.27. The summed E-state index contributed by atoms with van der Waals surface area (Å²) in [7, 11) is 1.67. The van der Waals surface area contributed by atoms with Crippen LogP contribution >= 0.6 is 11.6 Å². The molecule has 1 aromatic carbocycles. The first-order valence-corrected chi connectivity index (χ1v) is 8.14. The molecule has 0 spiro atoms. The standard InChI is InChI=1S/C17H17ClFN5O/c1-3-24-9-13(18)16(22-24)10-23(2)17(25)15-8-14(20-21-15)11-4-6-12(19)7-5-11/h4-9H,3,10H2,1-2H3,(H,20,21). The van der Waals surface area contributed by atoms with Crippen LogP contribution in [0.3, 0.4) is 0 Å². The lowest BCUT2D eigenvalue weighted by molar-refractivity contribution is 0.0777. The van der Waals surface area contributed by atoms with Gasteiger partial charge in [-0.15, -0.1) is 0 Å². The Hall–Kier alpha value is -2.67. The monoisotopic (exact) mass is 361 g/mol. The van der Waals surface area contributed by atoms with Gasteiger partial charge in [0.25, 0.3) is 5.91 Å². The second-order valence-corrected chi connectivity index (χ2v) is 6.02. The summed E-state index contributed by atoms with van der Waals surface area (Å²) in [4.78, 5) is 14.1. The van der Waals surface area contributed by atoms with Crippen molar-refractivity contribution in [3.63, 3.8) is 0 Å². The van der Waals surface area contributed by atoms with Crippen LogP contribution in [0.2, 0.25) is 5.02 Å². The Morgan fingerprint density at radius 2 is 2.08 bits per heavy atom. The fraction of sp³-hybridized carbons (Fsp3) is 0.235. The number of carbonyl (C=O) groups excluding carboxylic acids is 1. The van der Waals surface area contributed by atoms with Gasteiger partial charge in [-0.3, -0.25) is 14.6 Å². The van der Waals surface area contributed by atoms with E-state index in [2.05, 4.69) is 15.3 Å². The van der Waals surface area contributed by atoms with E-state index >= 15 is 0 Å². The minimum absolute atomic E-state index is 0.233. The van der Waals surface area contributed by atoms with E-state index in [1.165, 1.54) is 17.0 Å². The predicted molar refractivity (Wildman–Crippen MR) is 92.7 cm³/mol. The van der Waals surface area contributed by atoms with Crippen molar-refractivity contribution in [1.82, 2.24) is 24.9 Å². The number of hydrogen-bond donors (Lipinski definition) is 1. The number of H-pyrrole nitrogens is 1. The SMILES string of the molecule is CCn1cc(Cl)c(CN(C)C(=O)c2cc(-c3ccc(F)cc3)n[nH]2)n1. The summed E-state index contributed by atoms with van der Waals surface area (Å²) in [6.07, 6.45) is 1.73. The predicted octanol–water partition coefficient (Wildman–Crippen LogP) is 3.36. The van der Waals surface area contributed by atoms with Gasteiger partial charge in [0.1, 0.15) is 17.2 Å². The zero-order valence-electron chi connectivity index (χ0n) is 13.8. The Kier molecular flexibility index (Phi) is 4.85. The number of hydrogen-bond acceptors (Lipinski definition) is 3. The van der Waals surface area contributed by atoms with Crippen molar-refractivity contribution in [3.05, 3.63) is 58.8 Å². The number of aryl methyl sites for hydroxylation is 1. The highest BCUT2D eigenvalue weighted by Crippen LogP contribution is 2.20. The van der Waals surface area contributed by atoms with Gasteiger partial charge >= 0.3 is 0 Å². The van der Waals surface area contributed by atoms with Gasteiger partial charge in [-0.05, 0) is 37.3 Å². The molecular formula is C17H17ClFN5O. The number of carbonyl (C=O) groups is 1. The topological polar surface area (TPSA) is 66.8 Å². The maximum Gasteiger partial charge on any atom is 0.271 e. The lowest BCUT2D eigenvalue weighted by atomic mass is 10.1. The number of nitrogens with zero attached hydrogens (tertiary/aromatic N) is 4. The third kappa shape index (κ3) is 3.71. The molecule has 2 aromatic heterocycles. The van der Waals surface area contributed by atoms with Gasteiger partial charge in [0.2, 0.25) is 0 Å². The Bertz CT molecular complexity index is 887. The van der Waals surface area contributed by atoms with E-state index < -0.39 is 0 Å². The molecule has 8 heteroatoms. The number of halogens is 2. The first-order chi connectivity index (χ1) is 12.0. The first-order valence-electron chi connectivity index (χ1n) is 7.76. The average Bonchev–Trinajstić information content (AvgIpc) is 3.22. The quantitative estimate of drug-likeness (QED) is 0.757. The zero-order valence-corrected chi connectivity index (χ0v) is 14.6. The minimum Gasteiger partial charge on any atom is -0.334 e. The van der Waals surface area contributed by atoms with Crippen LogP contribution in [0.4, 0.5) is 4.39 Å². The normalized spacial score (nSPS) is 10.9. The van der Waals surface area contributed by atoms with Gasteiger partial charge in [-0.2, -0.15) is 10.2 Å². The van der Waals surface area contributed by atoms with Crippen molar-refractivity contribution in [2.24, 2.45) is 0 Å². The van der Waals surface area contributed by atoms with Crippen molar-refractivity contribution in [3.8, 4) is 11.3 Å². The molecule has 130 valence electrons. The Balaban J connectivity index is 1.74. The number of aromatic amines is 1. The number of amides is 1. The third-order valence-corrected chi connectivity index (χ3v) is 4.11. The Morgan fingerprint density at radius 1 is 1.36 bits per heavy atom. The first kappa shape index (κ1) is 17.2. The molecular weight excluding hydrogens is 345 g/mol. The molecule has 0 radical (unpaired) electrons. The molecule has 1 N–H and O–H groups in total. The van der Waals surface area contributed by atoms with Crippen LogP contribution < -0.4 is 0 Å². The van der Waals surface area contributed by atoms with Crippen LogP contribution in [0.5, 0.6) is 0 Å². The molecule has 0 saturated carbocycles. The Morgan fingerprint density at radius 3 is 2.72 bits per heavy atom. The molecule has 6 nitrogen and oxygen atoms in total. The van der Waals surface area contributed by atoms with E-state index in [1.807, 2.05) is 6.92 Å². The van der Waals surface area contributed by atoms with Gasteiger partial charge < -0.3 is 4.90 Å². The second kappa shape index (κ2) is 7.06. The summed E-state index contributed by atoms with van der Waals surface area (Å²) >= 11 is 6.14. The molecule has 0 saturated heterocycles. The molecule has 0 bridgehead atoms. The maximum atomic E-state index is 13.0. The van der Waals surface area contributed by atoms with Crippen LogP contribution in [-0.2, 0) is 13.1 Å². The number of nitrogens with one attached hydrogen (secondary N) is 1. The van der Waals surface area contributed by atoms with Crippen molar-refractivity contribution < 1.29 is 9.18 Å². The van der Waals surface area contributed by atoms with Crippen molar-refractivity contribution in [2.45, 2.75) is 20.0 Å². The van der Waals surface area contributed by atoms with Gasteiger partial charge in [0.05, 0.1) is 17.3 Å². The molecule has 0 aliphatic rings. The van der Waals surface area contributed by atoms with E-state index in [9.17, 15) is 9.18 Å². The third-order valence-electron chi connectivity index (χ3n) is 3.79. The molecule has 0 aliphatic heterocycles. The van der Waals surface area contributed by atoms with E-state index in [-0.39, 0.29) is 18.3 Å². The van der Waals surface area contributed by atoms with E-state index in [4.69, 9.17) is 11.6 Å². The number of aromatic nitrogens is 4. The van der Waals surface area contributed by atoms with Crippen molar-refractivity contribution in [1.29, 1.82) is 0 Å². The summed E-state index contributed by atoms with van der Waals surface area (Å²) in [5, 5.41) is 11.7. The summed E-state index contributed by atoms with van der Waals surface area (Å²) in [6, 6.07) is 7.56. The van der Waals surface area contributed by atoms with Gasteiger partial charge in [0, 0.05) is 25.4 Å². The summed E-state index contributed by atoms with van der Waals surface area (Å²) in [5.41, 5.74) is 2.28. The van der Waals surface area contributed by atoms with Crippen LogP contribution in [-0.4, -0.2) is 37.8 Å². The smallest absolute Gasteiger partial charge is 0.271 e. The summed E-state index contributed by atoms with van der Waals surface area (Å²) in [5.74, 6) is -0.554. The Labute approximate surface area is 149 Å². The summed E-state index contributed by atoms with van der Waals surface area (Å²) in [6.45, 7) is 2.96. The average molecular weight is 362 g/mol. The van der Waals surface area contributed by atoms with Crippen LogP contribution in [0.1, 0.15) is 23.1 Å². The fourth-order valence-electron chi connectivity index (χ4n) is 2.41. The number of rotatable bonds is 5. The van der Waals surface area contributed by atoms with Gasteiger partial charge in [-0.1, -0.05) is 11.6 Å². The molecule has 0 aliphatic carbocycles. The molecule has 25 heavy (non-hydrogen) atoms. The summed E-state index contributed by atoms with van der Waals surface area (Å²) < 4.78 is 14.7. The highest BCUT2D eigenvalue weighted by molar-refractivity contribution is 6.31. The lowest BCUT2D eigenvalue weighted by Gasteiger charge is -2.14. The molecule has 0 fully saturated rings. The maximum absolute atomic E-state index is 13.0. The van der Waals surface area contributed by atoms with Gasteiger partial charge in [0.15, 0.2) is 0 Å². The van der Waals surface area contributed by atoms with Gasteiger partial charge in [-0.25, -0.2) is 4.39 Å². The van der Waals surface area contributed by atoms with Crippen molar-refractivity contribution in [2.75, 3.05) is 7.05 Å². The molecule has 3 rings (SSSR count). The van der Waals surface area contributed by atoms with E-state index in [1.54, 1.807) is 36.1 Å². The van der Waals surface area contributed by atoms with Crippen LogP contribution in [0.15, 0.2) is 36.5 Å². The largest absolute Gasteiger partial charge is 0.334 e. The molecule has 1 amide bonds. The molecule has 0 atom stereocenters. The minimum atomic E-state index is -0.321. The number of benzene rings is 1. The zero-order chi connectivity index (χ0) is 18.0. The highest BCUT2D eigenvalue weighted by atomic mass is 35.5. The second-order valence-electron chi connectivity index (χ2n) is 5.61. The van der Waals surface area contributed by atoms with Crippen molar-refractivity contribution >= 4 is 17.5 Å². The fourth-order valence-corrected chi connectivity index (χ4v) is 2.62. The van der Waals surface area contributed by atoms with E-state index in [0.717, 1.165) is 5.56 Å². The molecule has 0 unspecified atom stereocenters.